The number of hydrogen-bond acceptors (Lipinski definition) is 5. The number of rotatable bonds is 7. The molecule has 1 atom stereocenters. The molecule has 2 aromatic carbocycles. The van der Waals surface area contributed by atoms with E-state index in [4.69, 9.17) is 9.15 Å². The van der Waals surface area contributed by atoms with E-state index in [9.17, 15) is 18.4 Å². The van der Waals surface area contributed by atoms with Crippen molar-refractivity contribution in [1.29, 1.82) is 0 Å². The van der Waals surface area contributed by atoms with Crippen molar-refractivity contribution in [1.82, 2.24) is 4.98 Å². The van der Waals surface area contributed by atoms with Gasteiger partial charge in [0.15, 0.2) is 17.8 Å². The van der Waals surface area contributed by atoms with Gasteiger partial charge in [0.2, 0.25) is 0 Å². The fourth-order valence-corrected chi connectivity index (χ4v) is 2.56. The molecule has 0 radical (unpaired) electrons. The summed E-state index contributed by atoms with van der Waals surface area (Å²) in [6, 6.07) is 12.2. The summed E-state index contributed by atoms with van der Waals surface area (Å²) in [6.07, 6.45) is 0.151. The Hall–Kier alpha value is -3.55. The Bertz CT molecular complexity index is 985. The van der Waals surface area contributed by atoms with Gasteiger partial charge in [-0.2, -0.15) is 0 Å². The SMILES string of the molecule is CC(OC(=O)CCc1ncc(-c2c(F)cccc2F)o1)C(=O)Nc1ccccc1. The number of benzene rings is 2. The number of para-hydroxylation sites is 1. The van der Waals surface area contributed by atoms with Crippen molar-refractivity contribution in [3.63, 3.8) is 0 Å². The monoisotopic (exact) mass is 400 g/mol. The largest absolute Gasteiger partial charge is 0.453 e. The van der Waals surface area contributed by atoms with E-state index >= 15 is 0 Å². The van der Waals surface area contributed by atoms with Crippen LogP contribution in [0.5, 0.6) is 0 Å². The zero-order chi connectivity index (χ0) is 20.8. The van der Waals surface area contributed by atoms with E-state index in [1.807, 2.05) is 6.07 Å². The summed E-state index contributed by atoms with van der Waals surface area (Å²) in [7, 11) is 0. The molecule has 0 aliphatic rings. The summed E-state index contributed by atoms with van der Waals surface area (Å²) in [5, 5.41) is 2.63. The van der Waals surface area contributed by atoms with Gasteiger partial charge in [-0.1, -0.05) is 24.3 Å². The topological polar surface area (TPSA) is 81.4 Å². The van der Waals surface area contributed by atoms with Crippen LogP contribution >= 0.6 is 0 Å². The molecule has 0 aliphatic heterocycles. The van der Waals surface area contributed by atoms with Crippen LogP contribution in [0.2, 0.25) is 0 Å². The minimum Gasteiger partial charge on any atom is -0.453 e. The quantitative estimate of drug-likeness (QED) is 0.604. The molecule has 1 unspecified atom stereocenters. The Kier molecular flexibility index (Phi) is 6.33. The van der Waals surface area contributed by atoms with E-state index in [1.165, 1.54) is 19.2 Å². The number of halogens is 2. The number of hydrogen-bond donors (Lipinski definition) is 1. The number of carbonyl (C=O) groups excluding carboxylic acids is 2. The van der Waals surface area contributed by atoms with E-state index < -0.39 is 29.6 Å². The first-order valence-corrected chi connectivity index (χ1v) is 8.88. The lowest BCUT2D eigenvalue weighted by atomic mass is 10.1. The Balaban J connectivity index is 1.52. The van der Waals surface area contributed by atoms with Crippen LogP contribution in [0.1, 0.15) is 19.2 Å². The first kappa shape index (κ1) is 20.2. The van der Waals surface area contributed by atoms with Gasteiger partial charge in [-0.15, -0.1) is 0 Å². The minimum atomic E-state index is -0.990. The second kappa shape index (κ2) is 9.09. The number of aryl methyl sites for hydroxylation is 1. The van der Waals surface area contributed by atoms with Crippen LogP contribution in [0, 0.1) is 11.6 Å². The predicted octanol–water partition coefficient (Wildman–Crippen LogP) is 4.12. The Morgan fingerprint density at radius 1 is 1.10 bits per heavy atom. The van der Waals surface area contributed by atoms with Crippen LogP contribution in [0.3, 0.4) is 0 Å². The number of ether oxygens (including phenoxy) is 1. The maximum atomic E-state index is 13.8. The molecule has 3 rings (SSSR count). The predicted molar refractivity (Wildman–Crippen MR) is 101 cm³/mol. The number of esters is 1. The zero-order valence-electron chi connectivity index (χ0n) is 15.5. The van der Waals surface area contributed by atoms with Gasteiger partial charge in [0.05, 0.1) is 18.2 Å². The first-order valence-electron chi connectivity index (χ1n) is 8.88. The summed E-state index contributed by atoms with van der Waals surface area (Å²) in [4.78, 5) is 28.0. The van der Waals surface area contributed by atoms with Gasteiger partial charge in [0, 0.05) is 12.1 Å². The smallest absolute Gasteiger partial charge is 0.307 e. The molecule has 150 valence electrons. The number of nitrogens with zero attached hydrogens (tertiary/aromatic N) is 1. The minimum absolute atomic E-state index is 0.0575. The van der Waals surface area contributed by atoms with Crippen molar-refractivity contribution < 1.29 is 27.5 Å². The lowest BCUT2D eigenvalue weighted by Crippen LogP contribution is -2.30. The van der Waals surface area contributed by atoms with Gasteiger partial charge in [0.25, 0.3) is 5.91 Å². The molecule has 1 aromatic heterocycles. The van der Waals surface area contributed by atoms with E-state index in [0.717, 1.165) is 12.1 Å². The molecule has 0 saturated carbocycles. The molecule has 1 amide bonds. The molecule has 1 N–H and O–H groups in total. The van der Waals surface area contributed by atoms with Crippen molar-refractivity contribution in [3.05, 3.63) is 72.3 Å². The molecule has 8 heteroatoms. The zero-order valence-corrected chi connectivity index (χ0v) is 15.5. The number of oxazole rings is 1. The standard InChI is InChI=1S/C21H18F2N2O4/c1-13(21(27)25-14-6-3-2-4-7-14)28-19(26)11-10-18-24-12-17(29-18)20-15(22)8-5-9-16(20)23/h2-9,12-13H,10-11H2,1H3,(H,25,27). The van der Waals surface area contributed by atoms with Gasteiger partial charge in [-0.25, -0.2) is 13.8 Å². The van der Waals surface area contributed by atoms with Crippen LogP contribution < -0.4 is 5.32 Å². The number of nitrogens with one attached hydrogen (secondary N) is 1. The average Bonchev–Trinajstić information content (AvgIpc) is 3.15. The van der Waals surface area contributed by atoms with Crippen LogP contribution in [-0.4, -0.2) is 23.0 Å². The van der Waals surface area contributed by atoms with Crippen molar-refractivity contribution in [3.8, 4) is 11.3 Å². The van der Waals surface area contributed by atoms with Crippen LogP contribution in [0.15, 0.2) is 59.1 Å². The number of carbonyl (C=O) groups is 2. The average molecular weight is 400 g/mol. The number of aromatic nitrogens is 1. The lowest BCUT2D eigenvalue weighted by Gasteiger charge is -2.13. The van der Waals surface area contributed by atoms with Crippen molar-refractivity contribution in [2.45, 2.75) is 25.9 Å². The molecule has 0 spiro atoms. The first-order chi connectivity index (χ1) is 13.9. The highest BCUT2D eigenvalue weighted by Gasteiger charge is 2.19. The normalized spacial score (nSPS) is 11.7. The summed E-state index contributed by atoms with van der Waals surface area (Å²) < 4.78 is 38.0. The highest BCUT2D eigenvalue weighted by molar-refractivity contribution is 5.95. The molecule has 3 aromatic rings. The molecule has 29 heavy (non-hydrogen) atoms. The summed E-state index contributed by atoms with van der Waals surface area (Å²) in [5.74, 6) is -2.58. The van der Waals surface area contributed by atoms with Gasteiger partial charge < -0.3 is 14.5 Å². The van der Waals surface area contributed by atoms with E-state index in [2.05, 4.69) is 10.3 Å². The molecule has 0 bridgehead atoms. The third-order valence-corrected chi connectivity index (χ3v) is 4.02. The molecular weight excluding hydrogens is 382 g/mol. The van der Waals surface area contributed by atoms with E-state index in [-0.39, 0.29) is 30.1 Å². The van der Waals surface area contributed by atoms with Crippen LogP contribution in [0.25, 0.3) is 11.3 Å². The van der Waals surface area contributed by atoms with E-state index in [1.54, 1.807) is 24.3 Å². The van der Waals surface area contributed by atoms with Gasteiger partial charge >= 0.3 is 5.97 Å². The number of anilines is 1. The second-order valence-electron chi connectivity index (χ2n) is 6.20. The van der Waals surface area contributed by atoms with Crippen molar-refractivity contribution >= 4 is 17.6 Å². The Labute approximate surface area is 165 Å². The van der Waals surface area contributed by atoms with Gasteiger partial charge in [-0.05, 0) is 31.2 Å². The third kappa shape index (κ3) is 5.25. The van der Waals surface area contributed by atoms with Crippen LogP contribution in [-0.2, 0) is 20.7 Å². The van der Waals surface area contributed by atoms with Crippen molar-refractivity contribution in [2.24, 2.45) is 0 Å². The lowest BCUT2D eigenvalue weighted by molar-refractivity contribution is -0.153. The summed E-state index contributed by atoms with van der Waals surface area (Å²) in [5.41, 5.74) is 0.271. The highest BCUT2D eigenvalue weighted by Crippen LogP contribution is 2.26. The van der Waals surface area contributed by atoms with Crippen LogP contribution in [0.4, 0.5) is 14.5 Å². The molecule has 0 saturated heterocycles. The molecular formula is C21H18F2N2O4. The van der Waals surface area contributed by atoms with Gasteiger partial charge in [-0.3, -0.25) is 9.59 Å². The van der Waals surface area contributed by atoms with Crippen molar-refractivity contribution in [2.75, 3.05) is 5.32 Å². The summed E-state index contributed by atoms with van der Waals surface area (Å²) >= 11 is 0. The maximum Gasteiger partial charge on any atom is 0.307 e. The Morgan fingerprint density at radius 2 is 1.79 bits per heavy atom. The molecule has 0 aliphatic carbocycles. The fraction of sp³-hybridized carbons (Fsp3) is 0.190. The van der Waals surface area contributed by atoms with E-state index in [0.29, 0.717) is 5.69 Å². The molecule has 1 heterocycles. The third-order valence-electron chi connectivity index (χ3n) is 4.02. The number of amides is 1. The highest BCUT2D eigenvalue weighted by atomic mass is 19.1. The molecule has 6 nitrogen and oxygen atoms in total. The Morgan fingerprint density at radius 3 is 2.48 bits per heavy atom. The summed E-state index contributed by atoms with van der Waals surface area (Å²) in [6.45, 7) is 1.46. The molecule has 0 fully saturated rings. The van der Waals surface area contributed by atoms with Gasteiger partial charge in [0.1, 0.15) is 11.6 Å². The fourth-order valence-electron chi connectivity index (χ4n) is 2.56. The second-order valence-corrected chi connectivity index (χ2v) is 6.20. The maximum absolute atomic E-state index is 13.8.